The number of hydrogen-bond donors (Lipinski definition) is 0. The first-order chi connectivity index (χ1) is 19.6. The molecular formula is C38H26N2. The fourth-order valence-corrected chi connectivity index (χ4v) is 7.38. The van der Waals surface area contributed by atoms with Crippen molar-refractivity contribution in [3.05, 3.63) is 133 Å². The highest BCUT2D eigenvalue weighted by atomic mass is 15.0. The third-order valence-electron chi connectivity index (χ3n) is 9.25. The van der Waals surface area contributed by atoms with Crippen LogP contribution in [0.3, 0.4) is 0 Å². The van der Waals surface area contributed by atoms with Crippen LogP contribution in [0.1, 0.15) is 25.0 Å². The van der Waals surface area contributed by atoms with Crippen LogP contribution in [-0.4, -0.2) is 9.55 Å². The molecule has 2 heteroatoms. The molecular weight excluding hydrogens is 484 g/mol. The van der Waals surface area contributed by atoms with Gasteiger partial charge in [0.1, 0.15) is 0 Å². The summed E-state index contributed by atoms with van der Waals surface area (Å²) in [5.74, 6) is 0. The van der Waals surface area contributed by atoms with Crippen molar-refractivity contribution in [1.82, 2.24) is 9.55 Å². The van der Waals surface area contributed by atoms with Crippen LogP contribution in [0, 0.1) is 0 Å². The van der Waals surface area contributed by atoms with Crippen LogP contribution in [0.2, 0.25) is 0 Å². The average molecular weight is 511 g/mol. The van der Waals surface area contributed by atoms with Crippen LogP contribution in [0.5, 0.6) is 0 Å². The number of hydrogen-bond acceptors (Lipinski definition) is 1. The first-order valence-electron chi connectivity index (χ1n) is 14.0. The molecule has 188 valence electrons. The maximum Gasteiger partial charge on any atom is 0.0547 e. The lowest BCUT2D eigenvalue weighted by Crippen LogP contribution is -2.14. The van der Waals surface area contributed by atoms with Gasteiger partial charge in [0.05, 0.1) is 11.0 Å². The minimum Gasteiger partial charge on any atom is -0.309 e. The Labute approximate surface area is 232 Å². The Morgan fingerprint density at radius 2 is 1.02 bits per heavy atom. The van der Waals surface area contributed by atoms with E-state index >= 15 is 0 Å². The molecule has 0 saturated carbocycles. The highest BCUT2D eigenvalue weighted by Crippen LogP contribution is 2.51. The Morgan fingerprint density at radius 3 is 1.73 bits per heavy atom. The summed E-state index contributed by atoms with van der Waals surface area (Å²) in [5.41, 5.74) is 9.04. The first-order valence-corrected chi connectivity index (χ1v) is 14.0. The van der Waals surface area contributed by atoms with E-state index in [2.05, 4.69) is 133 Å². The van der Waals surface area contributed by atoms with E-state index in [1.165, 1.54) is 76.4 Å². The van der Waals surface area contributed by atoms with Gasteiger partial charge in [0, 0.05) is 34.3 Å². The van der Waals surface area contributed by atoms with E-state index in [9.17, 15) is 0 Å². The molecule has 0 amide bonds. The minimum absolute atomic E-state index is 0.0588. The van der Waals surface area contributed by atoms with Crippen molar-refractivity contribution in [2.75, 3.05) is 0 Å². The Bertz CT molecular complexity index is 2340. The molecule has 1 aliphatic carbocycles. The van der Waals surface area contributed by atoms with Crippen LogP contribution >= 0.6 is 0 Å². The zero-order valence-corrected chi connectivity index (χ0v) is 22.4. The van der Waals surface area contributed by atoms with Crippen molar-refractivity contribution in [1.29, 1.82) is 0 Å². The molecule has 0 aliphatic heterocycles. The summed E-state index contributed by atoms with van der Waals surface area (Å²) in [7, 11) is 0. The van der Waals surface area contributed by atoms with Crippen molar-refractivity contribution in [3.8, 4) is 16.8 Å². The molecule has 2 heterocycles. The maximum atomic E-state index is 4.34. The van der Waals surface area contributed by atoms with E-state index in [1.54, 1.807) is 0 Å². The predicted octanol–water partition coefficient (Wildman–Crippen LogP) is 9.94. The molecule has 0 unspecified atom stereocenters. The number of benzene rings is 6. The van der Waals surface area contributed by atoms with Gasteiger partial charge < -0.3 is 4.57 Å². The second kappa shape index (κ2) is 7.58. The van der Waals surface area contributed by atoms with E-state index in [0.717, 1.165) is 5.69 Å². The Hall–Kier alpha value is -4.95. The molecule has 0 bridgehead atoms. The second-order valence-corrected chi connectivity index (χ2v) is 11.6. The highest BCUT2D eigenvalue weighted by Gasteiger charge is 2.36. The molecule has 2 nitrogen and oxygen atoms in total. The van der Waals surface area contributed by atoms with Crippen molar-refractivity contribution in [2.45, 2.75) is 19.3 Å². The monoisotopic (exact) mass is 510 g/mol. The number of pyridine rings is 1. The fourth-order valence-electron chi connectivity index (χ4n) is 7.38. The molecule has 6 aromatic carbocycles. The summed E-state index contributed by atoms with van der Waals surface area (Å²) in [6.45, 7) is 4.71. The lowest BCUT2D eigenvalue weighted by molar-refractivity contribution is 0.661. The van der Waals surface area contributed by atoms with Crippen LogP contribution in [-0.2, 0) is 5.41 Å². The standard InChI is InChI=1S/C38H26N2/c1-38(2)34-14-8-7-13-28(34)31-20-33-32-19-29-26-11-5-3-9-24(26)25-10-4-6-12-27(25)30(29)21-36(32)40(37(33)22-35(31)38)23-15-17-39-18-16-23/h3-22H,1-2H3. The van der Waals surface area contributed by atoms with Crippen LogP contribution in [0.25, 0.3) is 70.9 Å². The van der Waals surface area contributed by atoms with Gasteiger partial charge in [0.15, 0.2) is 0 Å². The predicted molar refractivity (Wildman–Crippen MR) is 169 cm³/mol. The van der Waals surface area contributed by atoms with Crippen molar-refractivity contribution in [3.63, 3.8) is 0 Å². The molecule has 0 N–H and O–H groups in total. The topological polar surface area (TPSA) is 17.8 Å². The summed E-state index contributed by atoms with van der Waals surface area (Å²) in [4.78, 5) is 4.34. The van der Waals surface area contributed by atoms with Crippen LogP contribution in [0.15, 0.2) is 122 Å². The number of fused-ring (bicyclic) bond motifs is 12. The number of aromatic nitrogens is 2. The molecule has 8 aromatic rings. The van der Waals surface area contributed by atoms with E-state index in [-0.39, 0.29) is 5.41 Å². The zero-order chi connectivity index (χ0) is 26.6. The lowest BCUT2D eigenvalue weighted by Gasteiger charge is -2.21. The van der Waals surface area contributed by atoms with Gasteiger partial charge in [-0.15, -0.1) is 0 Å². The van der Waals surface area contributed by atoms with Crippen molar-refractivity contribution < 1.29 is 0 Å². The van der Waals surface area contributed by atoms with Gasteiger partial charge in [-0.1, -0.05) is 86.6 Å². The molecule has 1 aliphatic rings. The molecule has 2 aromatic heterocycles. The van der Waals surface area contributed by atoms with Crippen LogP contribution in [0.4, 0.5) is 0 Å². The number of rotatable bonds is 1. The fraction of sp³-hybridized carbons (Fsp3) is 0.0789. The lowest BCUT2D eigenvalue weighted by atomic mass is 9.82. The summed E-state index contributed by atoms with van der Waals surface area (Å²) >= 11 is 0. The van der Waals surface area contributed by atoms with E-state index in [1.807, 2.05) is 12.4 Å². The Morgan fingerprint density at radius 1 is 0.475 bits per heavy atom. The zero-order valence-electron chi connectivity index (χ0n) is 22.4. The highest BCUT2D eigenvalue weighted by molar-refractivity contribution is 6.29. The van der Waals surface area contributed by atoms with Gasteiger partial charge in [0.2, 0.25) is 0 Å². The van der Waals surface area contributed by atoms with Crippen molar-refractivity contribution in [2.24, 2.45) is 0 Å². The SMILES string of the molecule is CC1(C)c2ccccc2-c2cc3c4cc5c6ccccc6c6ccccc6c5cc4n(-c4ccncc4)c3cc21. The van der Waals surface area contributed by atoms with E-state index in [0.29, 0.717) is 0 Å². The summed E-state index contributed by atoms with van der Waals surface area (Å²) in [6.07, 6.45) is 3.79. The first kappa shape index (κ1) is 21.9. The maximum absolute atomic E-state index is 4.34. The second-order valence-electron chi connectivity index (χ2n) is 11.6. The van der Waals surface area contributed by atoms with Crippen LogP contribution < -0.4 is 0 Å². The van der Waals surface area contributed by atoms with E-state index in [4.69, 9.17) is 0 Å². The van der Waals surface area contributed by atoms with E-state index < -0.39 is 0 Å². The smallest absolute Gasteiger partial charge is 0.0547 e. The van der Waals surface area contributed by atoms with Gasteiger partial charge in [-0.05, 0) is 91.0 Å². The van der Waals surface area contributed by atoms with Gasteiger partial charge in [-0.25, -0.2) is 0 Å². The largest absolute Gasteiger partial charge is 0.309 e. The van der Waals surface area contributed by atoms with Gasteiger partial charge in [-0.2, -0.15) is 0 Å². The van der Waals surface area contributed by atoms with Gasteiger partial charge in [-0.3, -0.25) is 4.98 Å². The van der Waals surface area contributed by atoms with Gasteiger partial charge in [0.25, 0.3) is 0 Å². The number of nitrogens with zero attached hydrogens (tertiary/aromatic N) is 2. The Balaban J connectivity index is 1.52. The Kier molecular flexibility index (Phi) is 4.15. The minimum atomic E-state index is -0.0588. The third-order valence-corrected chi connectivity index (χ3v) is 9.25. The quantitative estimate of drug-likeness (QED) is 0.201. The molecule has 0 atom stereocenters. The molecule has 9 rings (SSSR count). The average Bonchev–Trinajstić information content (AvgIpc) is 3.44. The molecule has 0 radical (unpaired) electrons. The molecule has 0 spiro atoms. The summed E-state index contributed by atoms with van der Waals surface area (Å²) in [6, 6.07) is 40.6. The van der Waals surface area contributed by atoms with Gasteiger partial charge >= 0.3 is 0 Å². The molecule has 40 heavy (non-hydrogen) atoms. The summed E-state index contributed by atoms with van der Waals surface area (Å²) in [5, 5.41) is 10.4. The summed E-state index contributed by atoms with van der Waals surface area (Å²) < 4.78 is 2.44. The third kappa shape index (κ3) is 2.70. The molecule has 0 fully saturated rings. The normalized spacial score (nSPS) is 13.9. The van der Waals surface area contributed by atoms with Crippen molar-refractivity contribution >= 4 is 54.1 Å². The molecule has 0 saturated heterocycles.